The van der Waals surface area contributed by atoms with Crippen LogP contribution in [0.25, 0.3) is 0 Å². The fourth-order valence-electron chi connectivity index (χ4n) is 1.26. The average molecular weight is 212 g/mol. The van der Waals surface area contributed by atoms with Gasteiger partial charge in [-0.25, -0.2) is 0 Å². The standard InChI is InChI=1S/C10H16N2O3/c11-4-3-9(14)10(15)7-1-2-8(6-13)12-5-7/h1-2,5,9-10,13-15H,3-4,6,11H2. The van der Waals surface area contributed by atoms with Crippen LogP contribution in [0.3, 0.4) is 0 Å². The number of hydrogen-bond donors (Lipinski definition) is 4. The minimum Gasteiger partial charge on any atom is -0.390 e. The van der Waals surface area contributed by atoms with Crippen molar-refractivity contribution in [2.75, 3.05) is 6.54 Å². The summed E-state index contributed by atoms with van der Waals surface area (Å²) in [5, 5.41) is 27.9. The van der Waals surface area contributed by atoms with Crippen molar-refractivity contribution >= 4 is 0 Å². The zero-order valence-corrected chi connectivity index (χ0v) is 8.37. The molecule has 1 aromatic rings. The lowest BCUT2D eigenvalue weighted by atomic mass is 10.0. The third-order valence-electron chi connectivity index (χ3n) is 2.18. The molecule has 2 unspecified atom stereocenters. The Balaban J connectivity index is 2.69. The summed E-state index contributed by atoms with van der Waals surface area (Å²) in [6.07, 6.45) is -0.0793. The summed E-state index contributed by atoms with van der Waals surface area (Å²) >= 11 is 0. The summed E-state index contributed by atoms with van der Waals surface area (Å²) in [6, 6.07) is 3.23. The number of aliphatic hydroxyl groups excluding tert-OH is 3. The summed E-state index contributed by atoms with van der Waals surface area (Å²) in [7, 11) is 0. The van der Waals surface area contributed by atoms with Crippen molar-refractivity contribution in [3.63, 3.8) is 0 Å². The first-order chi connectivity index (χ1) is 7.19. The van der Waals surface area contributed by atoms with Crippen LogP contribution in [0, 0.1) is 0 Å². The number of hydrogen-bond acceptors (Lipinski definition) is 5. The van der Waals surface area contributed by atoms with Crippen molar-refractivity contribution in [3.05, 3.63) is 29.6 Å². The highest BCUT2D eigenvalue weighted by Crippen LogP contribution is 2.17. The SMILES string of the molecule is NCCC(O)C(O)c1ccc(CO)nc1. The molecule has 0 saturated heterocycles. The molecule has 0 saturated carbocycles. The Labute approximate surface area is 88.2 Å². The zero-order chi connectivity index (χ0) is 11.3. The molecule has 0 bridgehead atoms. The average Bonchev–Trinajstić information content (AvgIpc) is 2.28. The van der Waals surface area contributed by atoms with Crippen LogP contribution in [0.2, 0.25) is 0 Å². The van der Waals surface area contributed by atoms with Crippen LogP contribution in [0.15, 0.2) is 18.3 Å². The maximum absolute atomic E-state index is 9.68. The van der Waals surface area contributed by atoms with Crippen molar-refractivity contribution in [1.29, 1.82) is 0 Å². The lowest BCUT2D eigenvalue weighted by Crippen LogP contribution is -2.21. The van der Waals surface area contributed by atoms with Crippen molar-refractivity contribution in [2.45, 2.75) is 25.2 Å². The molecule has 0 amide bonds. The summed E-state index contributed by atoms with van der Waals surface area (Å²) in [6.45, 7) is 0.183. The molecule has 1 aromatic heterocycles. The molecule has 0 fully saturated rings. The third kappa shape index (κ3) is 3.24. The van der Waals surface area contributed by atoms with Gasteiger partial charge in [0, 0.05) is 11.8 Å². The third-order valence-corrected chi connectivity index (χ3v) is 2.18. The molecule has 5 nitrogen and oxygen atoms in total. The van der Waals surface area contributed by atoms with E-state index in [4.69, 9.17) is 10.8 Å². The van der Waals surface area contributed by atoms with E-state index in [1.807, 2.05) is 0 Å². The molecule has 0 aromatic carbocycles. The predicted molar refractivity (Wildman–Crippen MR) is 54.8 cm³/mol. The van der Waals surface area contributed by atoms with Gasteiger partial charge < -0.3 is 21.1 Å². The van der Waals surface area contributed by atoms with Gasteiger partial charge in [0.1, 0.15) is 6.10 Å². The first-order valence-electron chi connectivity index (χ1n) is 4.81. The van der Waals surface area contributed by atoms with Crippen molar-refractivity contribution in [2.24, 2.45) is 5.73 Å². The maximum atomic E-state index is 9.68. The molecule has 0 aliphatic heterocycles. The Kier molecular flexibility index (Phi) is 4.64. The van der Waals surface area contributed by atoms with E-state index in [1.165, 1.54) is 6.20 Å². The Morgan fingerprint density at radius 2 is 2.07 bits per heavy atom. The van der Waals surface area contributed by atoms with E-state index in [0.29, 0.717) is 24.2 Å². The van der Waals surface area contributed by atoms with Crippen LogP contribution >= 0.6 is 0 Å². The van der Waals surface area contributed by atoms with E-state index in [1.54, 1.807) is 12.1 Å². The highest BCUT2D eigenvalue weighted by molar-refractivity contribution is 5.17. The van der Waals surface area contributed by atoms with E-state index in [0.717, 1.165) is 0 Å². The van der Waals surface area contributed by atoms with E-state index < -0.39 is 12.2 Å². The molecule has 0 aliphatic rings. The highest BCUT2D eigenvalue weighted by atomic mass is 16.3. The summed E-state index contributed by atoms with van der Waals surface area (Å²) in [5.41, 5.74) is 6.32. The quantitative estimate of drug-likeness (QED) is 0.518. The fraction of sp³-hybridized carbons (Fsp3) is 0.500. The van der Waals surface area contributed by atoms with Gasteiger partial charge in [0.15, 0.2) is 0 Å². The molecule has 0 radical (unpaired) electrons. The molecule has 2 atom stereocenters. The van der Waals surface area contributed by atoms with Gasteiger partial charge in [-0.05, 0) is 19.0 Å². The van der Waals surface area contributed by atoms with Gasteiger partial charge in [-0.1, -0.05) is 6.07 Å². The Morgan fingerprint density at radius 1 is 1.33 bits per heavy atom. The van der Waals surface area contributed by atoms with Gasteiger partial charge >= 0.3 is 0 Å². The van der Waals surface area contributed by atoms with Gasteiger partial charge in [-0.2, -0.15) is 0 Å². The fourth-order valence-corrected chi connectivity index (χ4v) is 1.26. The van der Waals surface area contributed by atoms with E-state index in [9.17, 15) is 10.2 Å². The summed E-state index contributed by atoms with van der Waals surface area (Å²) in [4.78, 5) is 3.91. The van der Waals surface area contributed by atoms with Crippen molar-refractivity contribution < 1.29 is 15.3 Å². The normalized spacial score (nSPS) is 14.9. The molecule has 1 rings (SSSR count). The number of aromatic nitrogens is 1. The van der Waals surface area contributed by atoms with Crippen LogP contribution in [0.4, 0.5) is 0 Å². The molecule has 5 N–H and O–H groups in total. The van der Waals surface area contributed by atoms with Gasteiger partial charge in [0.25, 0.3) is 0 Å². The van der Waals surface area contributed by atoms with Crippen molar-refractivity contribution in [1.82, 2.24) is 4.98 Å². The molecule has 0 aliphatic carbocycles. The first-order valence-corrected chi connectivity index (χ1v) is 4.81. The topological polar surface area (TPSA) is 99.6 Å². The lowest BCUT2D eigenvalue weighted by molar-refractivity contribution is 0.0148. The van der Waals surface area contributed by atoms with E-state index >= 15 is 0 Å². The van der Waals surface area contributed by atoms with E-state index in [-0.39, 0.29) is 6.61 Å². The second-order valence-electron chi connectivity index (χ2n) is 3.33. The maximum Gasteiger partial charge on any atom is 0.106 e. The van der Waals surface area contributed by atoms with Crippen LogP contribution < -0.4 is 5.73 Å². The van der Waals surface area contributed by atoms with Crippen molar-refractivity contribution in [3.8, 4) is 0 Å². The Morgan fingerprint density at radius 3 is 2.53 bits per heavy atom. The lowest BCUT2D eigenvalue weighted by Gasteiger charge is -2.17. The van der Waals surface area contributed by atoms with Gasteiger partial charge in [-0.3, -0.25) is 4.98 Å². The van der Waals surface area contributed by atoms with Crippen LogP contribution in [0.1, 0.15) is 23.8 Å². The smallest absolute Gasteiger partial charge is 0.106 e. The largest absolute Gasteiger partial charge is 0.390 e. The zero-order valence-electron chi connectivity index (χ0n) is 8.37. The summed E-state index contributed by atoms with van der Waals surface area (Å²) in [5.74, 6) is 0. The minimum atomic E-state index is -0.978. The molecular formula is C10H16N2O3. The molecule has 5 heteroatoms. The summed E-state index contributed by atoms with van der Waals surface area (Å²) < 4.78 is 0. The highest BCUT2D eigenvalue weighted by Gasteiger charge is 2.17. The van der Waals surface area contributed by atoms with E-state index in [2.05, 4.69) is 4.98 Å². The predicted octanol–water partition coefficient (Wildman–Crippen LogP) is -0.683. The minimum absolute atomic E-state index is 0.137. The number of pyridine rings is 1. The first kappa shape index (κ1) is 12.1. The monoisotopic (exact) mass is 212 g/mol. The molecule has 0 spiro atoms. The molecule has 1 heterocycles. The Hall–Kier alpha value is -1.01. The number of nitrogens with zero attached hydrogens (tertiary/aromatic N) is 1. The van der Waals surface area contributed by atoms with Crippen LogP contribution in [0.5, 0.6) is 0 Å². The molecule has 84 valence electrons. The molecule has 15 heavy (non-hydrogen) atoms. The number of rotatable bonds is 5. The second kappa shape index (κ2) is 5.77. The van der Waals surface area contributed by atoms with Gasteiger partial charge in [0.05, 0.1) is 18.4 Å². The van der Waals surface area contributed by atoms with Crippen LogP contribution in [-0.2, 0) is 6.61 Å². The number of nitrogens with two attached hydrogens (primary N) is 1. The van der Waals surface area contributed by atoms with Gasteiger partial charge in [0.2, 0.25) is 0 Å². The second-order valence-corrected chi connectivity index (χ2v) is 3.33. The molecular weight excluding hydrogens is 196 g/mol. The van der Waals surface area contributed by atoms with Crippen LogP contribution in [-0.4, -0.2) is 33.0 Å². The van der Waals surface area contributed by atoms with Gasteiger partial charge in [-0.15, -0.1) is 0 Å². The Bertz CT molecular complexity index is 289. The number of aliphatic hydroxyl groups is 3.